The van der Waals surface area contributed by atoms with Crippen molar-refractivity contribution in [1.82, 2.24) is 9.80 Å². The average Bonchev–Trinajstić information content (AvgIpc) is 3.49. The lowest BCUT2D eigenvalue weighted by Crippen LogP contribution is -2.50. The number of nitrogens with zero attached hydrogens (tertiary/aromatic N) is 3. The molecule has 0 radical (unpaired) electrons. The molecule has 3 aliphatic heterocycles. The van der Waals surface area contributed by atoms with Crippen molar-refractivity contribution >= 4 is 29.5 Å². The van der Waals surface area contributed by atoms with E-state index in [9.17, 15) is 9.59 Å². The Kier molecular flexibility index (Phi) is 7.77. The lowest BCUT2D eigenvalue weighted by atomic mass is 10.1. The number of carboxylic acid groups (broad SMARTS) is 1. The molecule has 196 valence electrons. The Morgan fingerprint density at radius 1 is 1.03 bits per heavy atom. The van der Waals surface area contributed by atoms with Gasteiger partial charge >= 0.3 is 6.09 Å². The van der Waals surface area contributed by atoms with Crippen LogP contribution in [-0.2, 0) is 9.53 Å². The van der Waals surface area contributed by atoms with Gasteiger partial charge in [-0.05, 0) is 42.5 Å². The molecule has 0 spiro atoms. The Morgan fingerprint density at radius 3 is 2.30 bits per heavy atom. The van der Waals surface area contributed by atoms with Crippen molar-refractivity contribution in [2.24, 2.45) is 5.73 Å². The van der Waals surface area contributed by atoms with E-state index in [2.05, 4.69) is 4.90 Å². The van der Waals surface area contributed by atoms with Gasteiger partial charge in [0, 0.05) is 56.5 Å². The predicted molar refractivity (Wildman–Crippen MR) is 133 cm³/mol. The number of hydrogen-bond acceptors (Lipinski definition) is 8. The lowest BCUT2D eigenvalue weighted by Gasteiger charge is -2.35. The summed E-state index contributed by atoms with van der Waals surface area (Å²) >= 11 is 0. The minimum absolute atomic E-state index is 0.0143. The molecule has 12 heteroatoms. The van der Waals surface area contributed by atoms with Crippen LogP contribution in [0.2, 0.25) is 0 Å². The van der Waals surface area contributed by atoms with Gasteiger partial charge in [-0.25, -0.2) is 4.79 Å². The zero-order chi connectivity index (χ0) is 26.5. The van der Waals surface area contributed by atoms with Crippen molar-refractivity contribution in [3.63, 3.8) is 0 Å². The summed E-state index contributed by atoms with van der Waals surface area (Å²) in [4.78, 5) is 39.9. The maximum atomic E-state index is 12.9. The number of ether oxygens (including phenoxy) is 3. The first-order chi connectivity index (χ1) is 17.7. The second-order valence-electron chi connectivity index (χ2n) is 8.76. The van der Waals surface area contributed by atoms with E-state index in [1.807, 2.05) is 4.90 Å². The van der Waals surface area contributed by atoms with Crippen molar-refractivity contribution in [2.75, 3.05) is 51.0 Å². The Morgan fingerprint density at radius 2 is 1.65 bits per heavy atom. The number of nitrogen functional groups attached to an aromatic ring is 1. The zero-order valence-electron chi connectivity index (χ0n) is 20.4. The van der Waals surface area contributed by atoms with E-state index in [1.54, 1.807) is 47.4 Å². The number of nitrogens with one attached hydrogen (secondary N) is 1. The molecule has 3 heterocycles. The number of hydrogen-bond donors (Lipinski definition) is 3. The van der Waals surface area contributed by atoms with Crippen molar-refractivity contribution in [1.29, 1.82) is 5.41 Å². The van der Waals surface area contributed by atoms with Crippen LogP contribution in [0.3, 0.4) is 0 Å². The molecule has 37 heavy (non-hydrogen) atoms. The number of fused-ring (bicyclic) bond motifs is 1. The lowest BCUT2D eigenvalue weighted by molar-refractivity contribution is -0.134. The molecule has 2 aromatic rings. The number of anilines is 1. The van der Waals surface area contributed by atoms with Crippen LogP contribution in [-0.4, -0.2) is 90.9 Å². The molecule has 2 saturated heterocycles. The van der Waals surface area contributed by atoms with E-state index >= 15 is 0 Å². The van der Waals surface area contributed by atoms with Crippen LogP contribution < -0.4 is 20.1 Å². The van der Waals surface area contributed by atoms with Gasteiger partial charge in [0.1, 0.15) is 11.9 Å². The van der Waals surface area contributed by atoms with E-state index in [-0.39, 0.29) is 30.7 Å². The van der Waals surface area contributed by atoms with Crippen molar-refractivity contribution < 1.29 is 33.7 Å². The molecule has 2 fully saturated rings. The van der Waals surface area contributed by atoms with Gasteiger partial charge in [-0.1, -0.05) is 0 Å². The largest absolute Gasteiger partial charge is 0.481 e. The number of nitrogens with two attached hydrogens (primary N) is 1. The first-order valence-electron chi connectivity index (χ1n) is 11.7. The van der Waals surface area contributed by atoms with Gasteiger partial charge in [-0.15, -0.1) is 0 Å². The smallest absolute Gasteiger partial charge is 0.414 e. The van der Waals surface area contributed by atoms with Crippen LogP contribution in [0.1, 0.15) is 22.8 Å². The maximum Gasteiger partial charge on any atom is 0.414 e. The van der Waals surface area contributed by atoms with Crippen LogP contribution in [0.4, 0.5) is 10.5 Å². The third-order valence-electron chi connectivity index (χ3n) is 6.10. The highest BCUT2D eigenvalue weighted by atomic mass is 16.7. The summed E-state index contributed by atoms with van der Waals surface area (Å²) < 4.78 is 16.2. The molecule has 12 nitrogen and oxygen atoms in total. The van der Waals surface area contributed by atoms with E-state index < -0.39 is 5.97 Å². The van der Waals surface area contributed by atoms with Crippen molar-refractivity contribution in [3.8, 4) is 11.5 Å². The SMILES string of the molecule is CC(=O)O.N=C(N)c1ccc(N2CC(CN3CCN(C(=O)c4ccc5c(c4)OCO5)CC3)OC2=O)cc1. The van der Waals surface area contributed by atoms with Gasteiger partial charge in [-0.3, -0.25) is 24.8 Å². The highest BCUT2D eigenvalue weighted by Crippen LogP contribution is 2.33. The van der Waals surface area contributed by atoms with Gasteiger partial charge in [0.15, 0.2) is 11.5 Å². The Balaban J connectivity index is 0.000000747. The molecular weight excluding hydrogens is 482 g/mol. The normalized spacial score (nSPS) is 18.6. The van der Waals surface area contributed by atoms with Crippen LogP contribution in [0.5, 0.6) is 11.5 Å². The third-order valence-corrected chi connectivity index (χ3v) is 6.10. The second-order valence-corrected chi connectivity index (χ2v) is 8.76. The number of piperazine rings is 1. The standard InChI is InChI=1S/C23H25N5O5.C2H4O2/c24-21(25)15-1-4-17(5-2-15)28-13-18(33-23(28)30)12-26-7-9-27(10-8-26)22(29)16-3-6-19-20(11-16)32-14-31-19;1-2(3)4/h1-6,11,18H,7-10,12-14H2,(H3,24,25);1H3,(H,3,4). The van der Waals surface area contributed by atoms with Gasteiger partial charge in [0.05, 0.1) is 6.54 Å². The molecule has 3 aliphatic rings. The molecule has 2 amide bonds. The summed E-state index contributed by atoms with van der Waals surface area (Å²) in [6.07, 6.45) is -0.631. The summed E-state index contributed by atoms with van der Waals surface area (Å²) in [7, 11) is 0. The molecule has 0 bridgehead atoms. The van der Waals surface area contributed by atoms with Crippen LogP contribution in [0, 0.1) is 5.41 Å². The first kappa shape index (κ1) is 25.8. The molecule has 2 aromatic carbocycles. The minimum atomic E-state index is -0.833. The Bertz CT molecular complexity index is 1170. The number of cyclic esters (lactones) is 1. The van der Waals surface area contributed by atoms with E-state index in [0.29, 0.717) is 67.6 Å². The molecule has 1 atom stereocenters. The van der Waals surface area contributed by atoms with Gasteiger partial charge in [0.2, 0.25) is 6.79 Å². The highest BCUT2D eigenvalue weighted by Gasteiger charge is 2.34. The number of carbonyl (C=O) groups excluding carboxylic acids is 2. The fraction of sp³-hybridized carbons (Fsp3) is 0.360. The minimum Gasteiger partial charge on any atom is -0.481 e. The maximum absolute atomic E-state index is 12.9. The second kappa shape index (κ2) is 11.2. The number of aliphatic carboxylic acids is 1. The van der Waals surface area contributed by atoms with E-state index in [4.69, 9.17) is 35.3 Å². The van der Waals surface area contributed by atoms with E-state index in [0.717, 1.165) is 6.92 Å². The fourth-order valence-electron chi connectivity index (χ4n) is 4.28. The van der Waals surface area contributed by atoms with Crippen molar-refractivity contribution in [2.45, 2.75) is 13.0 Å². The number of carboxylic acids is 1. The third kappa shape index (κ3) is 6.28. The average molecular weight is 512 g/mol. The summed E-state index contributed by atoms with van der Waals surface area (Å²) in [5, 5.41) is 14.9. The first-order valence-corrected chi connectivity index (χ1v) is 11.7. The number of benzene rings is 2. The van der Waals surface area contributed by atoms with Crippen LogP contribution in [0.15, 0.2) is 42.5 Å². The van der Waals surface area contributed by atoms with Crippen LogP contribution in [0.25, 0.3) is 0 Å². The molecule has 4 N–H and O–H groups in total. The van der Waals surface area contributed by atoms with Gasteiger partial charge in [0.25, 0.3) is 11.9 Å². The summed E-state index contributed by atoms with van der Waals surface area (Å²) in [5.41, 5.74) is 7.40. The van der Waals surface area contributed by atoms with Crippen LogP contribution >= 0.6 is 0 Å². The topological polar surface area (TPSA) is 159 Å². The van der Waals surface area contributed by atoms with Gasteiger partial charge in [-0.2, -0.15) is 0 Å². The molecule has 5 rings (SSSR count). The number of carbonyl (C=O) groups is 3. The number of amides is 2. The molecule has 0 aromatic heterocycles. The number of rotatable bonds is 5. The number of amidine groups is 1. The molecule has 0 saturated carbocycles. The molecule has 1 unspecified atom stereocenters. The van der Waals surface area contributed by atoms with Gasteiger partial charge < -0.3 is 30.0 Å². The highest BCUT2D eigenvalue weighted by molar-refractivity contribution is 5.96. The zero-order valence-corrected chi connectivity index (χ0v) is 20.4. The summed E-state index contributed by atoms with van der Waals surface area (Å²) in [5.74, 6) is 0.384. The summed E-state index contributed by atoms with van der Waals surface area (Å²) in [6, 6.07) is 12.2. The summed E-state index contributed by atoms with van der Waals surface area (Å²) in [6.45, 7) is 4.94. The molecular formula is C25H29N5O7. The van der Waals surface area contributed by atoms with Crippen molar-refractivity contribution in [3.05, 3.63) is 53.6 Å². The Labute approximate surface area is 213 Å². The predicted octanol–water partition coefficient (Wildman–Crippen LogP) is 1.57. The monoisotopic (exact) mass is 511 g/mol. The quantitative estimate of drug-likeness (QED) is 0.400. The molecule has 0 aliphatic carbocycles. The fourth-order valence-corrected chi connectivity index (χ4v) is 4.28. The Hall–Kier alpha value is -4.32. The van der Waals surface area contributed by atoms with E-state index in [1.165, 1.54) is 0 Å².